The molecule has 0 atom stereocenters. The zero-order valence-electron chi connectivity index (χ0n) is 10.8. The Bertz CT molecular complexity index is 539. The Labute approximate surface area is 145 Å². The predicted molar refractivity (Wildman–Crippen MR) is 94.4 cm³/mol. The van der Waals surface area contributed by atoms with E-state index in [-0.39, 0.29) is 21.1 Å². The third-order valence-electron chi connectivity index (χ3n) is 2.62. The smallest absolute Gasteiger partial charge is 0.119 e. The zero-order chi connectivity index (χ0) is 13.5. The van der Waals surface area contributed by atoms with E-state index in [1.54, 1.807) is 11.8 Å². The van der Waals surface area contributed by atoms with Crippen molar-refractivity contribution in [1.29, 1.82) is 0 Å². The number of rotatable bonds is 4. The molecule has 0 aromatic heterocycles. The van der Waals surface area contributed by atoms with Gasteiger partial charge in [-0.05, 0) is 36.5 Å². The molecule has 0 aliphatic heterocycles. The molecule has 0 saturated carbocycles. The summed E-state index contributed by atoms with van der Waals surface area (Å²) in [5.74, 6) is 3.29. The van der Waals surface area contributed by atoms with Gasteiger partial charge >= 0.3 is 0 Å². The molecule has 0 bridgehead atoms. The molecular formula is C16H14PS2W+. The SMILES string of the molecule is C#CCSC(=S)[PH+](c1ccccc1)c1ccccc1.[W]. The van der Waals surface area contributed by atoms with Gasteiger partial charge in [0.1, 0.15) is 18.5 Å². The van der Waals surface area contributed by atoms with E-state index in [0.29, 0.717) is 5.75 Å². The van der Waals surface area contributed by atoms with Gasteiger partial charge in [-0.25, -0.2) is 0 Å². The van der Waals surface area contributed by atoms with Crippen molar-refractivity contribution in [2.45, 2.75) is 0 Å². The first kappa shape index (κ1) is 17.6. The second-order valence-corrected chi connectivity index (χ2v) is 8.67. The Hall–Kier alpha value is -0.442. The molecule has 0 N–H and O–H groups in total. The maximum Gasteiger partial charge on any atom is 0.198 e. The van der Waals surface area contributed by atoms with Crippen LogP contribution in [0.1, 0.15) is 0 Å². The summed E-state index contributed by atoms with van der Waals surface area (Å²) in [7, 11) is -1.05. The average molecular weight is 485 g/mol. The monoisotopic (exact) mass is 485 g/mol. The largest absolute Gasteiger partial charge is 0.198 e. The van der Waals surface area contributed by atoms with Crippen molar-refractivity contribution in [2.75, 3.05) is 5.75 Å². The van der Waals surface area contributed by atoms with Gasteiger partial charge in [-0.3, -0.25) is 0 Å². The molecule has 2 aromatic carbocycles. The predicted octanol–water partition coefficient (Wildman–Crippen LogP) is 3.50. The van der Waals surface area contributed by atoms with E-state index < -0.39 is 7.92 Å². The van der Waals surface area contributed by atoms with Crippen molar-refractivity contribution in [3.8, 4) is 12.3 Å². The van der Waals surface area contributed by atoms with E-state index in [9.17, 15) is 0 Å². The van der Waals surface area contributed by atoms with Gasteiger partial charge in [-0.2, -0.15) is 0 Å². The van der Waals surface area contributed by atoms with Crippen LogP contribution in [0.5, 0.6) is 0 Å². The normalized spacial score (nSPS) is 9.60. The van der Waals surface area contributed by atoms with Crippen LogP contribution in [0.2, 0.25) is 0 Å². The van der Waals surface area contributed by atoms with Crippen molar-refractivity contribution in [3.63, 3.8) is 0 Å². The van der Waals surface area contributed by atoms with Crippen LogP contribution in [0.4, 0.5) is 0 Å². The molecular weight excluding hydrogens is 471 g/mol. The van der Waals surface area contributed by atoms with E-state index in [1.165, 1.54) is 10.6 Å². The first-order chi connectivity index (χ1) is 9.33. The standard InChI is InChI=1S/C16H13PS2.W/c1-2-13-19-16(18)17(14-9-5-3-6-10-14)15-11-7-4-8-12-15;/h1,3-12H,13H2;/p+1. The summed E-state index contributed by atoms with van der Waals surface area (Å²) >= 11 is 7.23. The van der Waals surface area contributed by atoms with Gasteiger partial charge in [0.25, 0.3) is 0 Å². The Kier molecular flexibility index (Phi) is 8.35. The molecule has 0 aliphatic rings. The summed E-state index contributed by atoms with van der Waals surface area (Å²) in [4.78, 5) is 0. The Morgan fingerprint density at radius 2 is 1.45 bits per heavy atom. The average Bonchev–Trinajstić information content (AvgIpc) is 2.47. The molecule has 0 spiro atoms. The number of terminal acetylenes is 1. The van der Waals surface area contributed by atoms with E-state index in [0.717, 1.165) is 3.94 Å². The van der Waals surface area contributed by atoms with E-state index in [2.05, 4.69) is 54.5 Å². The maximum atomic E-state index is 5.62. The summed E-state index contributed by atoms with van der Waals surface area (Å²) in [6.45, 7) is 0. The van der Waals surface area contributed by atoms with Crippen LogP contribution in [0.15, 0.2) is 60.7 Å². The summed E-state index contributed by atoms with van der Waals surface area (Å²) in [5, 5.41) is 2.63. The molecule has 2 rings (SSSR count). The maximum absolute atomic E-state index is 5.62. The molecule has 2 aromatic rings. The van der Waals surface area contributed by atoms with Gasteiger partial charge in [0, 0.05) is 21.1 Å². The number of thioether (sulfide) groups is 1. The topological polar surface area (TPSA) is 0 Å². The molecule has 0 nitrogen and oxygen atoms in total. The molecule has 0 fully saturated rings. The van der Waals surface area contributed by atoms with Crippen LogP contribution in [-0.2, 0) is 21.1 Å². The molecule has 100 valence electrons. The summed E-state index contributed by atoms with van der Waals surface area (Å²) in [5.41, 5.74) is 0. The molecule has 0 heterocycles. The number of thiocarbonyl (C=S) groups is 1. The van der Waals surface area contributed by atoms with Crippen LogP contribution >= 0.6 is 31.9 Å². The van der Waals surface area contributed by atoms with Crippen molar-refractivity contribution in [1.82, 2.24) is 0 Å². The van der Waals surface area contributed by atoms with Crippen LogP contribution in [0, 0.1) is 12.3 Å². The Morgan fingerprint density at radius 1 is 1.00 bits per heavy atom. The van der Waals surface area contributed by atoms with E-state index >= 15 is 0 Å². The third-order valence-corrected chi connectivity index (χ3v) is 7.43. The van der Waals surface area contributed by atoms with Crippen LogP contribution in [0.3, 0.4) is 0 Å². The summed E-state index contributed by atoms with van der Waals surface area (Å²) < 4.78 is 1.03. The first-order valence-electron chi connectivity index (χ1n) is 5.91. The van der Waals surface area contributed by atoms with Crippen LogP contribution in [-0.4, -0.2) is 9.69 Å². The Morgan fingerprint density at radius 3 is 1.85 bits per heavy atom. The first-order valence-corrected chi connectivity index (χ1v) is 8.80. The van der Waals surface area contributed by atoms with Gasteiger partial charge in [0.05, 0.1) is 5.75 Å². The Balaban J connectivity index is 0.00000200. The summed E-state index contributed by atoms with van der Waals surface area (Å²) in [6, 6.07) is 21.0. The fourth-order valence-corrected chi connectivity index (χ4v) is 6.25. The summed E-state index contributed by atoms with van der Waals surface area (Å²) in [6.07, 6.45) is 5.34. The minimum absolute atomic E-state index is 0. The quantitative estimate of drug-likeness (QED) is 0.370. The number of hydrogen-bond acceptors (Lipinski definition) is 2. The number of hydrogen-bond donors (Lipinski definition) is 0. The fourth-order valence-electron chi connectivity index (χ4n) is 1.79. The zero-order valence-corrected chi connectivity index (χ0v) is 16.3. The van der Waals surface area contributed by atoms with Crippen molar-refractivity contribution in [3.05, 3.63) is 60.7 Å². The molecule has 20 heavy (non-hydrogen) atoms. The minimum Gasteiger partial charge on any atom is -0.119 e. The third kappa shape index (κ3) is 4.83. The van der Waals surface area contributed by atoms with Gasteiger partial charge in [0.2, 0.25) is 0 Å². The van der Waals surface area contributed by atoms with E-state index in [1.807, 2.05) is 12.1 Å². The van der Waals surface area contributed by atoms with E-state index in [4.69, 9.17) is 18.6 Å². The second kappa shape index (κ2) is 9.49. The van der Waals surface area contributed by atoms with Crippen molar-refractivity contribution in [2.24, 2.45) is 0 Å². The molecule has 0 aliphatic carbocycles. The number of benzene rings is 2. The molecule has 4 heteroatoms. The van der Waals surface area contributed by atoms with Gasteiger partial charge in [-0.1, -0.05) is 54.1 Å². The van der Waals surface area contributed by atoms with Crippen LogP contribution < -0.4 is 10.6 Å². The van der Waals surface area contributed by atoms with Gasteiger partial charge < -0.3 is 0 Å². The molecule has 0 radical (unpaired) electrons. The molecule has 0 saturated heterocycles. The second-order valence-electron chi connectivity index (χ2n) is 3.89. The van der Waals surface area contributed by atoms with Gasteiger partial charge in [-0.15, -0.1) is 6.42 Å². The van der Waals surface area contributed by atoms with Gasteiger partial charge in [0.15, 0.2) is 3.94 Å². The molecule has 0 unspecified atom stereocenters. The van der Waals surface area contributed by atoms with Crippen molar-refractivity contribution < 1.29 is 21.1 Å². The minimum atomic E-state index is -1.05. The van der Waals surface area contributed by atoms with Crippen LogP contribution in [0.25, 0.3) is 0 Å². The molecule has 0 amide bonds. The van der Waals surface area contributed by atoms with Crippen molar-refractivity contribution >= 4 is 46.4 Å². The fraction of sp³-hybridized carbons (Fsp3) is 0.0625.